The summed E-state index contributed by atoms with van der Waals surface area (Å²) < 4.78 is 1.95. The van der Waals surface area contributed by atoms with Gasteiger partial charge >= 0.3 is 0 Å². The average Bonchev–Trinajstić information content (AvgIpc) is 2.97. The van der Waals surface area contributed by atoms with Crippen molar-refractivity contribution in [3.8, 4) is 0 Å². The number of fused-ring (bicyclic) bond motifs is 4. The maximum absolute atomic E-state index is 9.55. The van der Waals surface area contributed by atoms with Gasteiger partial charge in [-0.2, -0.15) is 0 Å². The number of rotatable bonds is 1. The average molecular weight is 239 g/mol. The minimum Gasteiger partial charge on any atom is -0.392 e. The molecular weight excluding hydrogens is 226 g/mol. The van der Waals surface area contributed by atoms with Gasteiger partial charge in [0, 0.05) is 5.57 Å². The van der Waals surface area contributed by atoms with E-state index >= 15 is 0 Å². The number of hydrogen-bond acceptors (Lipinski definition) is 3. The quantitative estimate of drug-likeness (QED) is 0.821. The smallest absolute Gasteiger partial charge is 0.0895 e. The molecule has 1 aromatic carbocycles. The van der Waals surface area contributed by atoms with Crippen molar-refractivity contribution in [3.63, 3.8) is 0 Å². The zero-order chi connectivity index (χ0) is 12.1. The molecule has 0 fully saturated rings. The number of allylic oxidation sites excluding steroid dienone is 1. The summed E-state index contributed by atoms with van der Waals surface area (Å²) in [5.41, 5.74) is 7.32. The highest BCUT2D eigenvalue weighted by atomic mass is 16.3. The van der Waals surface area contributed by atoms with E-state index in [0.29, 0.717) is 0 Å². The minimum absolute atomic E-state index is 0.0848. The number of nitrogens with zero attached hydrogens (tertiary/aromatic N) is 3. The third kappa shape index (κ3) is 1.18. The fourth-order valence-electron chi connectivity index (χ4n) is 3.12. The molecule has 0 unspecified atom stereocenters. The molecule has 18 heavy (non-hydrogen) atoms. The molecule has 1 aliphatic carbocycles. The Balaban J connectivity index is 2.01. The standard InChI is InChI=1S/C14H13N3O/c18-8-11-3-1-2-9-4-5-10-7-17-12(6-15-16-17)14(10)13(9)11/h1-3,6,18H,4-5,7-8H2. The molecule has 0 spiro atoms. The predicted molar refractivity (Wildman–Crippen MR) is 66.7 cm³/mol. The van der Waals surface area contributed by atoms with Crippen molar-refractivity contribution < 1.29 is 5.11 Å². The second-order valence-corrected chi connectivity index (χ2v) is 4.86. The number of aromatic nitrogens is 3. The molecular formula is C14H13N3O. The van der Waals surface area contributed by atoms with Crippen LogP contribution >= 0.6 is 0 Å². The van der Waals surface area contributed by atoms with Gasteiger partial charge in [-0.05, 0) is 35.1 Å². The van der Waals surface area contributed by atoms with Crippen LogP contribution in [0.1, 0.15) is 28.8 Å². The Hall–Kier alpha value is -1.94. The van der Waals surface area contributed by atoms with Crippen LogP contribution in [0.3, 0.4) is 0 Å². The van der Waals surface area contributed by atoms with E-state index in [2.05, 4.69) is 16.4 Å². The Morgan fingerprint density at radius 3 is 3.11 bits per heavy atom. The third-order valence-electron chi connectivity index (χ3n) is 3.92. The lowest BCUT2D eigenvalue weighted by Gasteiger charge is -2.20. The van der Waals surface area contributed by atoms with Crippen LogP contribution in [-0.4, -0.2) is 20.1 Å². The summed E-state index contributed by atoms with van der Waals surface area (Å²) in [7, 11) is 0. The lowest BCUT2D eigenvalue weighted by molar-refractivity contribution is 0.281. The molecule has 0 amide bonds. The van der Waals surface area contributed by atoms with Crippen LogP contribution < -0.4 is 0 Å². The van der Waals surface area contributed by atoms with Gasteiger partial charge in [0.25, 0.3) is 0 Å². The fraction of sp³-hybridized carbons (Fsp3) is 0.286. The molecule has 90 valence electrons. The SMILES string of the molecule is OCc1cccc2c1C1=C(CC2)Cn2nncc21. The lowest BCUT2D eigenvalue weighted by Crippen LogP contribution is -2.07. The second-order valence-electron chi connectivity index (χ2n) is 4.86. The van der Waals surface area contributed by atoms with Gasteiger partial charge in [0.2, 0.25) is 0 Å². The van der Waals surface area contributed by atoms with Crippen LogP contribution in [0, 0.1) is 0 Å². The normalized spacial score (nSPS) is 16.5. The van der Waals surface area contributed by atoms with E-state index < -0.39 is 0 Å². The predicted octanol–water partition coefficient (Wildman–Crippen LogP) is 1.53. The first-order valence-electron chi connectivity index (χ1n) is 6.21. The van der Waals surface area contributed by atoms with Crippen molar-refractivity contribution in [3.05, 3.63) is 52.4 Å². The van der Waals surface area contributed by atoms with Gasteiger partial charge in [0.15, 0.2) is 0 Å². The Morgan fingerprint density at radius 1 is 1.28 bits per heavy atom. The van der Waals surface area contributed by atoms with Crippen LogP contribution in [0.2, 0.25) is 0 Å². The van der Waals surface area contributed by atoms with Gasteiger partial charge in [0.1, 0.15) is 0 Å². The Morgan fingerprint density at radius 2 is 2.22 bits per heavy atom. The number of aryl methyl sites for hydroxylation is 1. The van der Waals surface area contributed by atoms with E-state index in [1.54, 1.807) is 0 Å². The van der Waals surface area contributed by atoms with Gasteiger partial charge < -0.3 is 5.11 Å². The summed E-state index contributed by atoms with van der Waals surface area (Å²) in [5.74, 6) is 0. The Labute approximate surface area is 105 Å². The zero-order valence-electron chi connectivity index (χ0n) is 9.93. The molecule has 4 nitrogen and oxygen atoms in total. The molecule has 0 saturated carbocycles. The first-order chi connectivity index (χ1) is 8.88. The van der Waals surface area contributed by atoms with Crippen LogP contribution in [0.25, 0.3) is 5.57 Å². The molecule has 0 bridgehead atoms. The van der Waals surface area contributed by atoms with E-state index in [1.807, 2.05) is 23.0 Å². The highest BCUT2D eigenvalue weighted by Gasteiger charge is 2.29. The maximum Gasteiger partial charge on any atom is 0.0895 e. The molecule has 0 saturated heterocycles. The van der Waals surface area contributed by atoms with Crippen LogP contribution in [0.5, 0.6) is 0 Å². The number of hydrogen-bond donors (Lipinski definition) is 1. The molecule has 0 atom stereocenters. The van der Waals surface area contributed by atoms with E-state index in [0.717, 1.165) is 30.6 Å². The van der Waals surface area contributed by atoms with E-state index in [1.165, 1.54) is 22.3 Å². The summed E-state index contributed by atoms with van der Waals surface area (Å²) in [5, 5.41) is 17.6. The van der Waals surface area contributed by atoms with Crippen molar-refractivity contribution in [2.45, 2.75) is 26.0 Å². The number of benzene rings is 1. The highest BCUT2D eigenvalue weighted by Crippen LogP contribution is 2.41. The van der Waals surface area contributed by atoms with Crippen molar-refractivity contribution in [1.82, 2.24) is 15.0 Å². The van der Waals surface area contributed by atoms with Gasteiger partial charge in [-0.25, -0.2) is 4.68 Å². The molecule has 2 aliphatic rings. The zero-order valence-corrected chi connectivity index (χ0v) is 9.93. The molecule has 1 N–H and O–H groups in total. The third-order valence-corrected chi connectivity index (χ3v) is 3.92. The summed E-state index contributed by atoms with van der Waals surface area (Å²) in [6.07, 6.45) is 3.96. The molecule has 4 rings (SSSR count). The fourth-order valence-corrected chi connectivity index (χ4v) is 3.12. The van der Waals surface area contributed by atoms with Crippen molar-refractivity contribution in [2.24, 2.45) is 0 Å². The highest BCUT2D eigenvalue weighted by molar-refractivity contribution is 5.86. The summed E-state index contributed by atoms with van der Waals surface area (Å²) >= 11 is 0. The van der Waals surface area contributed by atoms with E-state index in [-0.39, 0.29) is 6.61 Å². The summed E-state index contributed by atoms with van der Waals surface area (Å²) in [6.45, 7) is 0.936. The van der Waals surface area contributed by atoms with Gasteiger partial charge in [-0.3, -0.25) is 0 Å². The van der Waals surface area contributed by atoms with Gasteiger partial charge in [-0.1, -0.05) is 23.4 Å². The second kappa shape index (κ2) is 3.53. The largest absolute Gasteiger partial charge is 0.392 e. The van der Waals surface area contributed by atoms with Crippen LogP contribution in [0.4, 0.5) is 0 Å². The molecule has 2 heterocycles. The lowest BCUT2D eigenvalue weighted by atomic mass is 9.83. The monoisotopic (exact) mass is 239 g/mol. The van der Waals surface area contributed by atoms with Crippen molar-refractivity contribution in [1.29, 1.82) is 0 Å². The van der Waals surface area contributed by atoms with Crippen molar-refractivity contribution in [2.75, 3.05) is 0 Å². The first kappa shape index (κ1) is 10.0. The van der Waals surface area contributed by atoms with Crippen LogP contribution in [0.15, 0.2) is 30.0 Å². The van der Waals surface area contributed by atoms with Gasteiger partial charge in [0.05, 0.1) is 25.0 Å². The van der Waals surface area contributed by atoms with E-state index in [4.69, 9.17) is 0 Å². The van der Waals surface area contributed by atoms with Crippen LogP contribution in [-0.2, 0) is 19.6 Å². The van der Waals surface area contributed by atoms with Gasteiger partial charge in [-0.15, -0.1) is 5.10 Å². The summed E-state index contributed by atoms with van der Waals surface area (Å²) in [6, 6.07) is 6.19. The summed E-state index contributed by atoms with van der Waals surface area (Å²) in [4.78, 5) is 0. The molecule has 2 aromatic rings. The maximum atomic E-state index is 9.55. The number of aliphatic hydroxyl groups is 1. The molecule has 4 heteroatoms. The first-order valence-corrected chi connectivity index (χ1v) is 6.21. The Bertz CT molecular complexity index is 669. The molecule has 1 aromatic heterocycles. The van der Waals surface area contributed by atoms with Crippen molar-refractivity contribution >= 4 is 5.57 Å². The molecule has 1 aliphatic heterocycles. The Kier molecular flexibility index (Phi) is 1.96. The van der Waals surface area contributed by atoms with E-state index in [9.17, 15) is 5.11 Å². The molecule has 0 radical (unpaired) electrons. The number of aliphatic hydroxyl groups excluding tert-OH is 1. The topological polar surface area (TPSA) is 50.9 Å². The minimum atomic E-state index is 0.0848.